The molecule has 1 aliphatic rings. The lowest BCUT2D eigenvalue weighted by molar-refractivity contribution is 0.395. The first-order valence-corrected chi connectivity index (χ1v) is 5.77. The Morgan fingerprint density at radius 3 is 2.82 bits per heavy atom. The quantitative estimate of drug-likeness (QED) is 0.739. The molecule has 0 amide bonds. The molecule has 0 bridgehead atoms. The number of hydrogen-bond donors (Lipinski definition) is 3. The maximum atomic E-state index is 13.4. The summed E-state index contributed by atoms with van der Waals surface area (Å²) in [5.41, 5.74) is 12.9. The molecule has 3 unspecified atom stereocenters. The van der Waals surface area contributed by atoms with Crippen LogP contribution in [0.3, 0.4) is 0 Å². The van der Waals surface area contributed by atoms with Crippen molar-refractivity contribution >= 4 is 0 Å². The molecule has 1 aromatic rings. The zero-order valence-corrected chi connectivity index (χ0v) is 10.0. The van der Waals surface area contributed by atoms with Crippen molar-refractivity contribution < 1.29 is 9.13 Å². The number of methoxy groups -OCH3 is 1. The lowest BCUT2D eigenvalue weighted by atomic mass is 9.88. The molecule has 4 N–H and O–H groups in total. The van der Waals surface area contributed by atoms with E-state index in [2.05, 4.69) is 17.8 Å². The molecule has 17 heavy (non-hydrogen) atoms. The van der Waals surface area contributed by atoms with Crippen molar-refractivity contribution in [2.75, 3.05) is 7.11 Å². The Morgan fingerprint density at radius 2 is 2.18 bits per heavy atom. The SMILES string of the molecule is CCC1NNC(N)C1c1cc(F)ccc1OC. The molecule has 5 heteroatoms. The van der Waals surface area contributed by atoms with Gasteiger partial charge in [-0.1, -0.05) is 6.92 Å². The molecule has 2 rings (SSSR count). The van der Waals surface area contributed by atoms with Gasteiger partial charge in [0.15, 0.2) is 0 Å². The number of ether oxygens (including phenoxy) is 1. The van der Waals surface area contributed by atoms with E-state index in [9.17, 15) is 4.39 Å². The molecule has 1 aliphatic heterocycles. The van der Waals surface area contributed by atoms with Crippen molar-refractivity contribution in [3.05, 3.63) is 29.6 Å². The molecule has 1 aromatic carbocycles. The molecule has 0 saturated carbocycles. The van der Waals surface area contributed by atoms with Gasteiger partial charge in [-0.3, -0.25) is 5.43 Å². The highest BCUT2D eigenvalue weighted by atomic mass is 19.1. The molecule has 1 heterocycles. The summed E-state index contributed by atoms with van der Waals surface area (Å²) in [4.78, 5) is 0. The number of nitrogens with one attached hydrogen (secondary N) is 2. The van der Waals surface area contributed by atoms with Crippen LogP contribution < -0.4 is 21.3 Å². The van der Waals surface area contributed by atoms with E-state index in [-0.39, 0.29) is 23.9 Å². The largest absolute Gasteiger partial charge is 0.496 e. The van der Waals surface area contributed by atoms with Gasteiger partial charge in [0, 0.05) is 17.5 Å². The third kappa shape index (κ3) is 2.26. The van der Waals surface area contributed by atoms with Crippen molar-refractivity contribution in [3.8, 4) is 5.75 Å². The summed E-state index contributed by atoms with van der Waals surface area (Å²) in [5, 5.41) is 0. The predicted molar refractivity (Wildman–Crippen MR) is 64.0 cm³/mol. The second-order valence-electron chi connectivity index (χ2n) is 4.24. The smallest absolute Gasteiger partial charge is 0.123 e. The number of hydrazine groups is 1. The first-order valence-electron chi connectivity index (χ1n) is 5.77. The molecule has 0 spiro atoms. The number of hydrogen-bond acceptors (Lipinski definition) is 4. The molecule has 1 fully saturated rings. The van der Waals surface area contributed by atoms with Crippen molar-refractivity contribution in [3.63, 3.8) is 0 Å². The highest BCUT2D eigenvalue weighted by Gasteiger charge is 2.35. The molecule has 0 radical (unpaired) electrons. The van der Waals surface area contributed by atoms with Gasteiger partial charge in [-0.2, -0.15) is 0 Å². The highest BCUT2D eigenvalue weighted by molar-refractivity contribution is 5.39. The lowest BCUT2D eigenvalue weighted by Crippen LogP contribution is -2.38. The summed E-state index contributed by atoms with van der Waals surface area (Å²) >= 11 is 0. The van der Waals surface area contributed by atoms with E-state index in [1.165, 1.54) is 12.1 Å². The average Bonchev–Trinajstić information content (AvgIpc) is 2.70. The number of halogens is 1. The predicted octanol–water partition coefficient (Wildman–Crippen LogP) is 1.09. The van der Waals surface area contributed by atoms with E-state index in [4.69, 9.17) is 10.5 Å². The molecule has 1 saturated heterocycles. The fourth-order valence-electron chi connectivity index (χ4n) is 2.36. The highest BCUT2D eigenvalue weighted by Crippen LogP contribution is 2.33. The average molecular weight is 239 g/mol. The van der Waals surface area contributed by atoms with Gasteiger partial charge in [0.05, 0.1) is 13.3 Å². The van der Waals surface area contributed by atoms with Gasteiger partial charge < -0.3 is 10.5 Å². The first-order chi connectivity index (χ1) is 8.17. The zero-order valence-electron chi connectivity index (χ0n) is 10.0. The van der Waals surface area contributed by atoms with Crippen LogP contribution in [0, 0.1) is 5.82 Å². The Morgan fingerprint density at radius 1 is 1.41 bits per heavy atom. The second kappa shape index (κ2) is 5.00. The van der Waals surface area contributed by atoms with Gasteiger partial charge in [0.25, 0.3) is 0 Å². The molecular weight excluding hydrogens is 221 g/mol. The summed E-state index contributed by atoms with van der Waals surface area (Å²) in [6, 6.07) is 4.72. The van der Waals surface area contributed by atoms with E-state index in [1.807, 2.05) is 0 Å². The second-order valence-corrected chi connectivity index (χ2v) is 4.24. The van der Waals surface area contributed by atoms with E-state index in [1.54, 1.807) is 13.2 Å². The molecule has 94 valence electrons. The number of benzene rings is 1. The van der Waals surface area contributed by atoms with Crippen LogP contribution in [0.5, 0.6) is 5.75 Å². The zero-order chi connectivity index (χ0) is 12.4. The van der Waals surface area contributed by atoms with Crippen molar-refractivity contribution in [2.24, 2.45) is 5.73 Å². The van der Waals surface area contributed by atoms with Crippen LogP contribution in [0.1, 0.15) is 24.8 Å². The van der Waals surface area contributed by atoms with Gasteiger partial charge in [0.2, 0.25) is 0 Å². The van der Waals surface area contributed by atoms with Crippen molar-refractivity contribution in [1.29, 1.82) is 0 Å². The topological polar surface area (TPSA) is 59.3 Å². The number of nitrogens with two attached hydrogens (primary N) is 1. The van der Waals surface area contributed by atoms with Crippen LogP contribution in [0.25, 0.3) is 0 Å². The van der Waals surface area contributed by atoms with Crippen molar-refractivity contribution in [1.82, 2.24) is 10.9 Å². The minimum absolute atomic E-state index is 0.00523. The van der Waals surface area contributed by atoms with Gasteiger partial charge in [-0.15, -0.1) is 0 Å². The van der Waals surface area contributed by atoms with Gasteiger partial charge in [0.1, 0.15) is 11.6 Å². The van der Waals surface area contributed by atoms with Crippen molar-refractivity contribution in [2.45, 2.75) is 31.5 Å². The van der Waals surface area contributed by atoms with Crippen LogP contribution in [0.4, 0.5) is 4.39 Å². The Kier molecular flexibility index (Phi) is 3.61. The first kappa shape index (κ1) is 12.3. The summed E-state index contributed by atoms with van der Waals surface area (Å²) < 4.78 is 18.6. The Hall–Kier alpha value is -1.17. The number of rotatable bonds is 3. The van der Waals surface area contributed by atoms with E-state index in [0.717, 1.165) is 12.0 Å². The lowest BCUT2D eigenvalue weighted by Gasteiger charge is -2.22. The molecule has 3 atom stereocenters. The molecular formula is C12H18FN3O. The van der Waals surface area contributed by atoms with Crippen LogP contribution >= 0.6 is 0 Å². The van der Waals surface area contributed by atoms with Crippen LogP contribution in [0.2, 0.25) is 0 Å². The third-order valence-electron chi connectivity index (χ3n) is 3.25. The standard InChI is InChI=1S/C12H18FN3O/c1-3-9-11(12(14)16-15-9)8-6-7(13)4-5-10(8)17-2/h4-6,9,11-12,15-16H,3,14H2,1-2H3. The van der Waals surface area contributed by atoms with Gasteiger partial charge in [-0.25, -0.2) is 9.82 Å². The van der Waals surface area contributed by atoms with Crippen LogP contribution in [0.15, 0.2) is 18.2 Å². The minimum atomic E-state index is -0.269. The molecule has 0 aromatic heterocycles. The van der Waals surface area contributed by atoms with Gasteiger partial charge in [-0.05, 0) is 24.6 Å². The van der Waals surface area contributed by atoms with E-state index >= 15 is 0 Å². The normalized spacial score (nSPS) is 28.4. The minimum Gasteiger partial charge on any atom is -0.496 e. The molecule has 0 aliphatic carbocycles. The van der Waals surface area contributed by atoms with E-state index in [0.29, 0.717) is 5.75 Å². The monoisotopic (exact) mass is 239 g/mol. The van der Waals surface area contributed by atoms with Crippen LogP contribution in [-0.4, -0.2) is 19.3 Å². The van der Waals surface area contributed by atoms with Crippen LogP contribution in [-0.2, 0) is 0 Å². The fraction of sp³-hybridized carbons (Fsp3) is 0.500. The Labute approximate surface area is 100 Å². The third-order valence-corrected chi connectivity index (χ3v) is 3.25. The Balaban J connectivity index is 2.40. The Bertz CT molecular complexity index is 399. The summed E-state index contributed by atoms with van der Waals surface area (Å²) in [7, 11) is 1.58. The molecule has 4 nitrogen and oxygen atoms in total. The fourth-order valence-corrected chi connectivity index (χ4v) is 2.36. The van der Waals surface area contributed by atoms with Gasteiger partial charge >= 0.3 is 0 Å². The summed E-state index contributed by atoms with van der Waals surface area (Å²) in [5.74, 6) is 0.413. The summed E-state index contributed by atoms with van der Waals surface area (Å²) in [6.45, 7) is 2.07. The maximum absolute atomic E-state index is 13.4. The van der Waals surface area contributed by atoms with E-state index < -0.39 is 0 Å². The summed E-state index contributed by atoms with van der Waals surface area (Å²) in [6.07, 6.45) is 0.668. The maximum Gasteiger partial charge on any atom is 0.123 e.